The molecule has 0 aromatic carbocycles. The molecule has 0 aliphatic heterocycles. The van der Waals surface area contributed by atoms with E-state index >= 15 is 0 Å². The number of hydrogen-bond donors (Lipinski definition) is 2. The van der Waals surface area contributed by atoms with Gasteiger partial charge in [-0.25, -0.2) is 4.79 Å². The molecular weight excluding hydrogens is 146 g/mol. The molecule has 0 amide bonds. The molecule has 0 aliphatic rings. The highest BCUT2D eigenvalue weighted by Gasteiger charge is 2.09. The Morgan fingerprint density at radius 2 is 2.45 bits per heavy atom. The Hall–Kier alpha value is -1.71. The van der Waals surface area contributed by atoms with Crippen LogP contribution in [0, 0.1) is 0 Å². The summed E-state index contributed by atoms with van der Waals surface area (Å²) in [5.41, 5.74) is 1.28. The van der Waals surface area contributed by atoms with Gasteiger partial charge < -0.3 is 14.5 Å². The van der Waals surface area contributed by atoms with Crippen molar-refractivity contribution in [3.8, 4) is 0 Å². The SMILES string of the molecule is O=C(O)c1cc2[nH]ccc2o1. The molecule has 0 bridgehead atoms. The fraction of sp³-hybridized carbons (Fsp3) is 0. The summed E-state index contributed by atoms with van der Waals surface area (Å²) in [7, 11) is 0. The molecular formula is C7H5NO3. The van der Waals surface area contributed by atoms with Crippen molar-refractivity contribution in [2.75, 3.05) is 0 Å². The fourth-order valence-corrected chi connectivity index (χ4v) is 0.954. The number of H-pyrrole nitrogens is 1. The van der Waals surface area contributed by atoms with Gasteiger partial charge in [0.25, 0.3) is 0 Å². The predicted molar refractivity (Wildman–Crippen MR) is 37.5 cm³/mol. The quantitative estimate of drug-likeness (QED) is 0.648. The Labute approximate surface area is 61.4 Å². The van der Waals surface area contributed by atoms with Crippen molar-refractivity contribution in [1.82, 2.24) is 4.98 Å². The zero-order valence-corrected chi connectivity index (χ0v) is 5.50. The van der Waals surface area contributed by atoms with E-state index in [1.807, 2.05) is 0 Å². The predicted octanol–water partition coefficient (Wildman–Crippen LogP) is 1.46. The van der Waals surface area contributed by atoms with Crippen LogP contribution in [0.2, 0.25) is 0 Å². The Balaban J connectivity index is 2.67. The topological polar surface area (TPSA) is 66.2 Å². The van der Waals surface area contributed by atoms with Gasteiger partial charge in [0.05, 0.1) is 5.52 Å². The Morgan fingerprint density at radius 3 is 3.09 bits per heavy atom. The maximum Gasteiger partial charge on any atom is 0.371 e. The monoisotopic (exact) mass is 151 g/mol. The number of aromatic nitrogens is 1. The van der Waals surface area contributed by atoms with Gasteiger partial charge in [-0.3, -0.25) is 0 Å². The van der Waals surface area contributed by atoms with Gasteiger partial charge >= 0.3 is 5.97 Å². The van der Waals surface area contributed by atoms with E-state index in [4.69, 9.17) is 9.52 Å². The zero-order chi connectivity index (χ0) is 7.84. The minimum absolute atomic E-state index is 0.0353. The van der Waals surface area contributed by atoms with Crippen molar-refractivity contribution >= 4 is 17.1 Å². The number of aromatic amines is 1. The second-order valence-corrected chi connectivity index (χ2v) is 2.17. The summed E-state index contributed by atoms with van der Waals surface area (Å²) in [5, 5.41) is 8.50. The van der Waals surface area contributed by atoms with Gasteiger partial charge in [-0.2, -0.15) is 0 Å². The van der Waals surface area contributed by atoms with Crippen LogP contribution in [0.25, 0.3) is 11.1 Å². The maximum atomic E-state index is 10.4. The van der Waals surface area contributed by atoms with Crippen LogP contribution < -0.4 is 0 Å². The Morgan fingerprint density at radius 1 is 1.64 bits per heavy atom. The van der Waals surface area contributed by atoms with Crippen LogP contribution in [0.5, 0.6) is 0 Å². The second-order valence-electron chi connectivity index (χ2n) is 2.17. The molecule has 56 valence electrons. The van der Waals surface area contributed by atoms with Crippen molar-refractivity contribution in [3.05, 3.63) is 24.1 Å². The molecule has 2 N–H and O–H groups in total. The first-order valence-corrected chi connectivity index (χ1v) is 3.07. The highest BCUT2D eigenvalue weighted by atomic mass is 16.4. The van der Waals surface area contributed by atoms with Crippen LogP contribution in [-0.2, 0) is 0 Å². The molecule has 2 heterocycles. The van der Waals surface area contributed by atoms with E-state index in [-0.39, 0.29) is 5.76 Å². The molecule has 0 aliphatic carbocycles. The molecule has 0 atom stereocenters. The Bertz CT molecular complexity index is 370. The van der Waals surface area contributed by atoms with Crippen LogP contribution in [0.15, 0.2) is 22.7 Å². The summed E-state index contributed by atoms with van der Waals surface area (Å²) >= 11 is 0. The van der Waals surface area contributed by atoms with E-state index in [0.717, 1.165) is 0 Å². The molecule has 4 nitrogen and oxygen atoms in total. The van der Waals surface area contributed by atoms with E-state index in [1.54, 1.807) is 12.3 Å². The average Bonchev–Trinajstić information content (AvgIpc) is 2.40. The average molecular weight is 151 g/mol. The third-order valence-corrected chi connectivity index (χ3v) is 1.45. The standard InChI is InChI=1S/C7H5NO3/c9-7(10)6-3-4-5(11-6)1-2-8-4/h1-3,8H,(H,9,10). The number of carbonyl (C=O) groups is 1. The van der Waals surface area contributed by atoms with Gasteiger partial charge in [0, 0.05) is 12.3 Å². The van der Waals surface area contributed by atoms with Gasteiger partial charge in [0.2, 0.25) is 5.76 Å². The summed E-state index contributed by atoms with van der Waals surface area (Å²) in [6.45, 7) is 0. The van der Waals surface area contributed by atoms with Crippen LogP contribution in [0.1, 0.15) is 10.6 Å². The summed E-state index contributed by atoms with van der Waals surface area (Å²) in [4.78, 5) is 13.2. The maximum absolute atomic E-state index is 10.4. The summed E-state index contributed by atoms with van der Waals surface area (Å²) in [6.07, 6.45) is 1.69. The number of nitrogens with one attached hydrogen (secondary N) is 1. The molecule has 2 aromatic heterocycles. The van der Waals surface area contributed by atoms with E-state index < -0.39 is 5.97 Å². The van der Waals surface area contributed by atoms with Crippen molar-refractivity contribution < 1.29 is 14.3 Å². The van der Waals surface area contributed by atoms with Gasteiger partial charge in [-0.15, -0.1) is 0 Å². The van der Waals surface area contributed by atoms with Crippen LogP contribution >= 0.6 is 0 Å². The van der Waals surface area contributed by atoms with E-state index in [2.05, 4.69) is 4.98 Å². The largest absolute Gasteiger partial charge is 0.475 e. The lowest BCUT2D eigenvalue weighted by Crippen LogP contribution is -1.91. The van der Waals surface area contributed by atoms with Crippen molar-refractivity contribution in [3.63, 3.8) is 0 Å². The molecule has 0 spiro atoms. The van der Waals surface area contributed by atoms with Crippen molar-refractivity contribution in [2.45, 2.75) is 0 Å². The summed E-state index contributed by atoms with van der Waals surface area (Å²) in [6, 6.07) is 3.14. The molecule has 2 rings (SSSR count). The van der Waals surface area contributed by atoms with Crippen LogP contribution in [-0.4, -0.2) is 16.1 Å². The summed E-state index contributed by atoms with van der Waals surface area (Å²) in [5.74, 6) is -1.08. The van der Waals surface area contributed by atoms with Crippen LogP contribution in [0.3, 0.4) is 0 Å². The minimum atomic E-state index is -1.05. The third kappa shape index (κ3) is 0.797. The van der Waals surface area contributed by atoms with E-state index in [1.165, 1.54) is 6.07 Å². The molecule has 0 saturated carbocycles. The van der Waals surface area contributed by atoms with Gasteiger partial charge in [0.15, 0.2) is 5.58 Å². The molecule has 0 saturated heterocycles. The van der Waals surface area contributed by atoms with Crippen molar-refractivity contribution in [1.29, 1.82) is 0 Å². The van der Waals surface area contributed by atoms with Gasteiger partial charge in [0.1, 0.15) is 0 Å². The minimum Gasteiger partial charge on any atom is -0.475 e. The van der Waals surface area contributed by atoms with E-state index in [0.29, 0.717) is 11.1 Å². The highest BCUT2D eigenvalue weighted by Crippen LogP contribution is 2.16. The van der Waals surface area contributed by atoms with Crippen molar-refractivity contribution in [2.24, 2.45) is 0 Å². The molecule has 4 heteroatoms. The molecule has 0 unspecified atom stereocenters. The molecule has 11 heavy (non-hydrogen) atoms. The first-order chi connectivity index (χ1) is 5.27. The number of carboxylic acids is 1. The zero-order valence-electron chi connectivity index (χ0n) is 5.50. The number of fused-ring (bicyclic) bond motifs is 1. The third-order valence-electron chi connectivity index (χ3n) is 1.45. The highest BCUT2D eigenvalue weighted by molar-refractivity contribution is 5.90. The van der Waals surface area contributed by atoms with Crippen LogP contribution in [0.4, 0.5) is 0 Å². The Kier molecular flexibility index (Phi) is 1.03. The summed E-state index contributed by atoms with van der Waals surface area (Å²) < 4.78 is 4.94. The molecule has 0 fully saturated rings. The number of furan rings is 1. The van der Waals surface area contributed by atoms with Gasteiger partial charge in [-0.1, -0.05) is 0 Å². The molecule has 2 aromatic rings. The number of hydrogen-bond acceptors (Lipinski definition) is 2. The van der Waals surface area contributed by atoms with Gasteiger partial charge in [-0.05, 0) is 6.07 Å². The first kappa shape index (κ1) is 6.03. The lowest BCUT2D eigenvalue weighted by atomic mass is 10.4. The second kappa shape index (κ2) is 1.88. The van der Waals surface area contributed by atoms with E-state index in [9.17, 15) is 4.79 Å². The number of aromatic carboxylic acids is 1. The molecule has 0 radical (unpaired) electrons. The fourth-order valence-electron chi connectivity index (χ4n) is 0.954. The lowest BCUT2D eigenvalue weighted by molar-refractivity contribution is 0.0665. The number of carboxylic acid groups (broad SMARTS) is 1. The lowest BCUT2D eigenvalue weighted by Gasteiger charge is -1.80. The smallest absolute Gasteiger partial charge is 0.371 e. The number of rotatable bonds is 1. The first-order valence-electron chi connectivity index (χ1n) is 3.07. The normalized spacial score (nSPS) is 10.5.